The quantitative estimate of drug-likeness (QED) is 0.314. The van der Waals surface area contributed by atoms with Gasteiger partial charge in [0, 0.05) is 23.5 Å². The number of carbonyl (C=O) groups excluding carboxylic acids is 2. The number of hydrogen-bond acceptors (Lipinski definition) is 6. The third-order valence-electron chi connectivity index (χ3n) is 6.14. The molecule has 0 radical (unpaired) electrons. The van der Waals surface area contributed by atoms with Gasteiger partial charge in [-0.3, -0.25) is 19.5 Å². The van der Waals surface area contributed by atoms with Crippen LogP contribution in [0.5, 0.6) is 11.5 Å². The highest BCUT2D eigenvalue weighted by Gasteiger charge is 2.47. The monoisotopic (exact) mass is 472 g/mol. The van der Waals surface area contributed by atoms with Crippen LogP contribution in [0.3, 0.4) is 0 Å². The molecule has 2 aromatic carbocycles. The number of aryl methyl sites for hydroxylation is 1. The second-order valence-electron chi connectivity index (χ2n) is 9.61. The van der Waals surface area contributed by atoms with Crippen LogP contribution in [0.2, 0.25) is 0 Å². The van der Waals surface area contributed by atoms with Crippen molar-refractivity contribution >= 4 is 23.1 Å². The van der Waals surface area contributed by atoms with E-state index in [1.807, 2.05) is 27.7 Å². The summed E-state index contributed by atoms with van der Waals surface area (Å²) in [5.41, 5.74) is 2.44. The van der Waals surface area contributed by atoms with E-state index >= 15 is 0 Å². The molecular formula is C28H28N2O5. The average molecular weight is 473 g/mol. The minimum atomic E-state index is -0.953. The van der Waals surface area contributed by atoms with Crippen LogP contribution in [0.25, 0.3) is 5.76 Å². The van der Waals surface area contributed by atoms with Crippen molar-refractivity contribution in [3.63, 3.8) is 0 Å². The maximum Gasteiger partial charge on any atom is 0.300 e. The summed E-state index contributed by atoms with van der Waals surface area (Å²) in [5.74, 6) is -1.45. The lowest BCUT2D eigenvalue weighted by atomic mass is 9.84. The molecule has 1 fully saturated rings. The van der Waals surface area contributed by atoms with Crippen LogP contribution in [0.15, 0.2) is 66.5 Å². The molecule has 1 aromatic heterocycles. The zero-order chi connectivity index (χ0) is 25.5. The number of aliphatic hydroxyl groups excluding tert-OH is 1. The molecule has 0 spiro atoms. The standard InChI is InChI=1S/C28H28N2O5/c1-16-6-8-21(31)20(14-16)30-24(17-10-12-29-13-11-17)23(26(33)27(30)34)25(32)18-7-9-22(35-5)19(15-18)28(2,3)4/h6-15,24,31-32H,1-5H3/b25-23-. The van der Waals surface area contributed by atoms with Gasteiger partial charge in [-0.15, -0.1) is 0 Å². The number of anilines is 1. The lowest BCUT2D eigenvalue weighted by Gasteiger charge is -2.26. The number of rotatable bonds is 4. The number of nitrogens with zero attached hydrogens (tertiary/aromatic N) is 2. The van der Waals surface area contributed by atoms with Crippen molar-refractivity contribution in [1.29, 1.82) is 0 Å². The van der Waals surface area contributed by atoms with Crippen LogP contribution in [0.4, 0.5) is 5.69 Å². The van der Waals surface area contributed by atoms with Crippen LogP contribution < -0.4 is 9.64 Å². The van der Waals surface area contributed by atoms with Crippen molar-refractivity contribution in [2.24, 2.45) is 0 Å². The summed E-state index contributed by atoms with van der Waals surface area (Å²) in [5, 5.41) is 22.0. The molecule has 7 nitrogen and oxygen atoms in total. The molecule has 35 heavy (non-hydrogen) atoms. The minimum absolute atomic E-state index is 0.0628. The van der Waals surface area contributed by atoms with Crippen LogP contribution in [0, 0.1) is 6.92 Å². The van der Waals surface area contributed by atoms with Crippen molar-refractivity contribution in [1.82, 2.24) is 4.98 Å². The van der Waals surface area contributed by atoms with Gasteiger partial charge < -0.3 is 14.9 Å². The number of aliphatic hydroxyl groups is 1. The number of methoxy groups -OCH3 is 1. The predicted molar refractivity (Wildman–Crippen MR) is 134 cm³/mol. The number of amides is 1. The summed E-state index contributed by atoms with van der Waals surface area (Å²) in [6.07, 6.45) is 3.10. The third kappa shape index (κ3) is 4.25. The summed E-state index contributed by atoms with van der Waals surface area (Å²) >= 11 is 0. The first-order chi connectivity index (χ1) is 16.5. The van der Waals surface area contributed by atoms with Crippen LogP contribution in [-0.2, 0) is 15.0 Å². The molecule has 0 bridgehead atoms. The van der Waals surface area contributed by atoms with Crippen molar-refractivity contribution in [3.05, 3.63) is 88.8 Å². The molecule has 1 atom stereocenters. The molecule has 2 heterocycles. The number of ether oxygens (including phenoxy) is 1. The zero-order valence-electron chi connectivity index (χ0n) is 20.4. The minimum Gasteiger partial charge on any atom is -0.507 e. The second kappa shape index (κ2) is 8.91. The molecule has 4 rings (SSSR count). The van der Waals surface area contributed by atoms with E-state index in [1.165, 1.54) is 11.0 Å². The van der Waals surface area contributed by atoms with E-state index in [1.54, 1.807) is 62.0 Å². The summed E-state index contributed by atoms with van der Waals surface area (Å²) in [6.45, 7) is 7.88. The Morgan fingerprint density at radius 3 is 2.34 bits per heavy atom. The largest absolute Gasteiger partial charge is 0.507 e. The molecule has 3 aromatic rings. The number of benzene rings is 2. The number of aromatic hydroxyl groups is 1. The second-order valence-corrected chi connectivity index (χ2v) is 9.61. The number of aromatic nitrogens is 1. The zero-order valence-corrected chi connectivity index (χ0v) is 20.4. The number of ketones is 1. The van der Waals surface area contributed by atoms with Gasteiger partial charge in [0.2, 0.25) is 0 Å². The van der Waals surface area contributed by atoms with Crippen molar-refractivity contribution in [2.45, 2.75) is 39.2 Å². The van der Waals surface area contributed by atoms with E-state index in [2.05, 4.69) is 4.98 Å². The molecule has 0 saturated carbocycles. The lowest BCUT2D eigenvalue weighted by molar-refractivity contribution is -0.132. The average Bonchev–Trinajstić information content (AvgIpc) is 3.10. The SMILES string of the molecule is COc1ccc(/C(O)=C2/C(=O)C(=O)N(c3cc(C)ccc3O)C2c2ccncc2)cc1C(C)(C)C. The normalized spacial score (nSPS) is 17.6. The highest BCUT2D eigenvalue weighted by Crippen LogP contribution is 2.45. The van der Waals surface area contributed by atoms with E-state index < -0.39 is 17.7 Å². The molecule has 1 unspecified atom stereocenters. The van der Waals surface area contributed by atoms with E-state index in [0.717, 1.165) is 11.1 Å². The van der Waals surface area contributed by atoms with Crippen LogP contribution in [-0.4, -0.2) is 34.0 Å². The van der Waals surface area contributed by atoms with Crippen molar-refractivity contribution in [3.8, 4) is 11.5 Å². The predicted octanol–water partition coefficient (Wildman–Crippen LogP) is 5.03. The number of phenols is 1. The molecule has 1 aliphatic rings. The highest BCUT2D eigenvalue weighted by molar-refractivity contribution is 6.51. The third-order valence-corrected chi connectivity index (χ3v) is 6.14. The maximum absolute atomic E-state index is 13.4. The Morgan fingerprint density at radius 1 is 1.03 bits per heavy atom. The van der Waals surface area contributed by atoms with Gasteiger partial charge in [0.15, 0.2) is 0 Å². The Kier molecular flexibility index (Phi) is 6.11. The number of phenolic OH excluding ortho intramolecular Hbond substituents is 1. The highest BCUT2D eigenvalue weighted by atomic mass is 16.5. The molecule has 1 amide bonds. The van der Waals surface area contributed by atoms with Crippen LogP contribution >= 0.6 is 0 Å². The van der Waals surface area contributed by atoms with Crippen molar-refractivity contribution < 1.29 is 24.5 Å². The summed E-state index contributed by atoms with van der Waals surface area (Å²) in [4.78, 5) is 31.9. The van der Waals surface area contributed by atoms with E-state index in [0.29, 0.717) is 16.9 Å². The summed E-state index contributed by atoms with van der Waals surface area (Å²) < 4.78 is 5.50. The fourth-order valence-electron chi connectivity index (χ4n) is 4.37. The van der Waals surface area contributed by atoms with Gasteiger partial charge in [-0.25, -0.2) is 0 Å². The number of pyridine rings is 1. The fourth-order valence-corrected chi connectivity index (χ4v) is 4.37. The summed E-state index contributed by atoms with van der Waals surface area (Å²) in [7, 11) is 1.58. The first-order valence-corrected chi connectivity index (χ1v) is 11.2. The molecule has 180 valence electrons. The number of carbonyl (C=O) groups is 2. The first kappa shape index (κ1) is 24.0. The van der Waals surface area contributed by atoms with Gasteiger partial charge in [0.25, 0.3) is 11.7 Å². The van der Waals surface area contributed by atoms with Crippen LogP contribution in [0.1, 0.15) is 49.1 Å². The maximum atomic E-state index is 13.4. The first-order valence-electron chi connectivity index (χ1n) is 11.2. The number of Topliss-reactive ketones (excluding diaryl/α,β-unsaturated/α-hetero) is 1. The van der Waals surface area contributed by atoms with Gasteiger partial charge in [-0.2, -0.15) is 0 Å². The van der Waals surface area contributed by atoms with Gasteiger partial charge in [0.1, 0.15) is 17.3 Å². The Hall–Kier alpha value is -4.13. The Labute approximate surface area is 204 Å². The molecule has 2 N–H and O–H groups in total. The smallest absolute Gasteiger partial charge is 0.300 e. The molecule has 7 heteroatoms. The van der Waals surface area contributed by atoms with E-state index in [-0.39, 0.29) is 28.2 Å². The Balaban J connectivity index is 1.98. The lowest BCUT2D eigenvalue weighted by Crippen LogP contribution is -2.29. The van der Waals surface area contributed by atoms with Gasteiger partial charge in [-0.1, -0.05) is 26.8 Å². The molecule has 1 aliphatic heterocycles. The summed E-state index contributed by atoms with van der Waals surface area (Å²) in [6, 6.07) is 12.4. The number of hydrogen-bond donors (Lipinski definition) is 2. The van der Waals surface area contributed by atoms with Gasteiger partial charge >= 0.3 is 0 Å². The fraction of sp³-hybridized carbons (Fsp3) is 0.250. The molecule has 0 aliphatic carbocycles. The van der Waals surface area contributed by atoms with Gasteiger partial charge in [0.05, 0.1) is 24.4 Å². The van der Waals surface area contributed by atoms with Crippen molar-refractivity contribution in [2.75, 3.05) is 12.0 Å². The van der Waals surface area contributed by atoms with Gasteiger partial charge in [-0.05, 0) is 65.9 Å². The topological polar surface area (TPSA) is 100.0 Å². The Morgan fingerprint density at radius 2 is 1.71 bits per heavy atom. The van der Waals surface area contributed by atoms with E-state index in [9.17, 15) is 19.8 Å². The molecular weight excluding hydrogens is 444 g/mol. The van der Waals surface area contributed by atoms with E-state index in [4.69, 9.17) is 4.74 Å². The Bertz CT molecular complexity index is 1340. The molecule has 1 saturated heterocycles.